The lowest BCUT2D eigenvalue weighted by Gasteiger charge is -2.04. The highest BCUT2D eigenvalue weighted by molar-refractivity contribution is 7.15. The van der Waals surface area contributed by atoms with Gasteiger partial charge in [0.1, 0.15) is 4.88 Å². The fraction of sp³-hybridized carbons (Fsp3) is 0.375. The lowest BCUT2D eigenvalue weighted by molar-refractivity contribution is 0.0942. The van der Waals surface area contributed by atoms with E-state index in [9.17, 15) is 9.59 Å². The summed E-state index contributed by atoms with van der Waals surface area (Å²) < 4.78 is 0. The Bertz CT molecular complexity index is 362. The summed E-state index contributed by atoms with van der Waals surface area (Å²) in [7, 11) is 0. The maximum Gasteiger partial charge on any atom is 0.280 e. The first-order valence-electron chi connectivity index (χ1n) is 3.97. The molecule has 0 bridgehead atoms. The molecule has 76 valence electrons. The maximum atomic E-state index is 11.4. The molecular formula is C8H9ClN2O2S. The van der Waals surface area contributed by atoms with Crippen LogP contribution in [0.2, 0.25) is 5.15 Å². The lowest BCUT2D eigenvalue weighted by atomic mass is 10.4. The fourth-order valence-corrected chi connectivity index (χ4v) is 1.78. The van der Waals surface area contributed by atoms with E-state index in [0.29, 0.717) is 6.29 Å². The maximum absolute atomic E-state index is 11.4. The van der Waals surface area contributed by atoms with Crippen molar-refractivity contribution < 1.29 is 9.59 Å². The minimum Gasteiger partial charge on any atom is -0.348 e. The third-order valence-corrected chi connectivity index (χ3v) is 2.71. The molecule has 14 heavy (non-hydrogen) atoms. The van der Waals surface area contributed by atoms with Crippen molar-refractivity contribution in [2.75, 3.05) is 0 Å². The standard InChI is InChI=1S/C8H9ClN2O2S/c1-4(2)10-7(13)8-11-6(9)5(3-12)14-8/h3-4H,1-2H3,(H,10,13). The number of aromatic nitrogens is 1. The molecule has 0 aliphatic heterocycles. The van der Waals surface area contributed by atoms with Crippen LogP contribution in [-0.4, -0.2) is 23.2 Å². The number of carbonyl (C=O) groups is 2. The summed E-state index contributed by atoms with van der Waals surface area (Å²) >= 11 is 6.60. The van der Waals surface area contributed by atoms with Crippen molar-refractivity contribution in [1.29, 1.82) is 0 Å². The molecular weight excluding hydrogens is 224 g/mol. The zero-order chi connectivity index (χ0) is 10.7. The van der Waals surface area contributed by atoms with Gasteiger partial charge in [-0.15, -0.1) is 11.3 Å². The van der Waals surface area contributed by atoms with Gasteiger partial charge in [0.05, 0.1) is 0 Å². The quantitative estimate of drug-likeness (QED) is 0.808. The number of carbonyl (C=O) groups excluding carboxylic acids is 2. The van der Waals surface area contributed by atoms with Crippen LogP contribution in [0.1, 0.15) is 33.3 Å². The van der Waals surface area contributed by atoms with E-state index in [1.807, 2.05) is 13.8 Å². The molecule has 1 aromatic rings. The first kappa shape index (κ1) is 11.1. The number of thiazole rings is 1. The Kier molecular flexibility index (Phi) is 3.60. The molecule has 0 spiro atoms. The van der Waals surface area contributed by atoms with E-state index in [0.717, 1.165) is 11.3 Å². The zero-order valence-corrected chi connectivity index (χ0v) is 9.28. The minimum absolute atomic E-state index is 0.0323. The number of nitrogens with one attached hydrogen (secondary N) is 1. The molecule has 4 nitrogen and oxygen atoms in total. The predicted octanol–water partition coefficient (Wildman–Crippen LogP) is 1.75. The van der Waals surface area contributed by atoms with E-state index >= 15 is 0 Å². The first-order chi connectivity index (χ1) is 6.54. The molecule has 0 radical (unpaired) electrons. The van der Waals surface area contributed by atoms with Crippen LogP contribution < -0.4 is 5.32 Å². The van der Waals surface area contributed by atoms with Crippen molar-refractivity contribution in [3.05, 3.63) is 15.0 Å². The summed E-state index contributed by atoms with van der Waals surface area (Å²) in [5.74, 6) is -0.306. The van der Waals surface area contributed by atoms with E-state index in [2.05, 4.69) is 10.3 Å². The van der Waals surface area contributed by atoms with Gasteiger partial charge < -0.3 is 5.32 Å². The monoisotopic (exact) mass is 232 g/mol. The Balaban J connectivity index is 2.86. The molecule has 0 aromatic carbocycles. The van der Waals surface area contributed by atoms with Gasteiger partial charge in [-0.25, -0.2) is 4.98 Å². The van der Waals surface area contributed by atoms with Gasteiger partial charge in [-0.2, -0.15) is 0 Å². The van der Waals surface area contributed by atoms with Gasteiger partial charge in [0, 0.05) is 6.04 Å². The number of rotatable bonds is 3. The topological polar surface area (TPSA) is 59.1 Å². The molecule has 0 aliphatic rings. The van der Waals surface area contributed by atoms with Crippen molar-refractivity contribution in [2.45, 2.75) is 19.9 Å². The minimum atomic E-state index is -0.306. The number of aldehydes is 1. The van der Waals surface area contributed by atoms with Crippen LogP contribution in [0.25, 0.3) is 0 Å². The molecule has 1 N–H and O–H groups in total. The predicted molar refractivity (Wildman–Crippen MR) is 55.1 cm³/mol. The van der Waals surface area contributed by atoms with Crippen LogP contribution in [0.15, 0.2) is 0 Å². The molecule has 0 atom stereocenters. The number of nitrogens with zero attached hydrogens (tertiary/aromatic N) is 1. The number of amides is 1. The Morgan fingerprint density at radius 3 is 2.71 bits per heavy atom. The summed E-state index contributed by atoms with van der Waals surface area (Å²) in [6.07, 6.45) is 0.589. The van der Waals surface area contributed by atoms with Crippen LogP contribution in [0.5, 0.6) is 0 Å². The second kappa shape index (κ2) is 4.52. The molecule has 6 heteroatoms. The van der Waals surface area contributed by atoms with Crippen molar-refractivity contribution in [3.8, 4) is 0 Å². The van der Waals surface area contributed by atoms with Crippen LogP contribution in [0.4, 0.5) is 0 Å². The Hall–Kier alpha value is -0.940. The van der Waals surface area contributed by atoms with Crippen molar-refractivity contribution in [3.63, 3.8) is 0 Å². The van der Waals surface area contributed by atoms with Gasteiger partial charge in [-0.1, -0.05) is 11.6 Å². The largest absolute Gasteiger partial charge is 0.348 e. The third kappa shape index (κ3) is 2.52. The SMILES string of the molecule is CC(C)NC(=O)c1nc(Cl)c(C=O)s1. The highest BCUT2D eigenvalue weighted by Gasteiger charge is 2.15. The third-order valence-electron chi connectivity index (χ3n) is 1.33. The van der Waals surface area contributed by atoms with Crippen molar-refractivity contribution >= 4 is 35.1 Å². The van der Waals surface area contributed by atoms with Gasteiger partial charge in [0.25, 0.3) is 5.91 Å². The number of halogens is 1. The molecule has 1 heterocycles. The van der Waals surface area contributed by atoms with E-state index in [1.54, 1.807) is 0 Å². The molecule has 1 amide bonds. The van der Waals surface area contributed by atoms with Gasteiger partial charge in [-0.3, -0.25) is 9.59 Å². The first-order valence-corrected chi connectivity index (χ1v) is 5.16. The molecule has 0 unspecified atom stereocenters. The normalized spacial score (nSPS) is 10.3. The van der Waals surface area contributed by atoms with Gasteiger partial charge in [0.2, 0.25) is 0 Å². The molecule has 1 rings (SSSR count). The second-order valence-electron chi connectivity index (χ2n) is 2.92. The van der Waals surface area contributed by atoms with Gasteiger partial charge in [-0.05, 0) is 13.8 Å². The van der Waals surface area contributed by atoms with Gasteiger partial charge in [0.15, 0.2) is 16.4 Å². The van der Waals surface area contributed by atoms with Crippen LogP contribution in [-0.2, 0) is 0 Å². The highest BCUT2D eigenvalue weighted by atomic mass is 35.5. The Morgan fingerprint density at radius 1 is 1.64 bits per heavy atom. The van der Waals surface area contributed by atoms with Crippen LogP contribution in [0, 0.1) is 0 Å². The summed E-state index contributed by atoms with van der Waals surface area (Å²) in [4.78, 5) is 25.9. The smallest absolute Gasteiger partial charge is 0.280 e. The summed E-state index contributed by atoms with van der Waals surface area (Å²) in [6.45, 7) is 3.68. The van der Waals surface area contributed by atoms with E-state index in [-0.39, 0.29) is 27.0 Å². The number of hydrogen-bond acceptors (Lipinski definition) is 4. The molecule has 0 aliphatic carbocycles. The van der Waals surface area contributed by atoms with Crippen LogP contribution >= 0.6 is 22.9 Å². The average Bonchev–Trinajstić information content (AvgIpc) is 2.45. The van der Waals surface area contributed by atoms with E-state index < -0.39 is 0 Å². The summed E-state index contributed by atoms with van der Waals surface area (Å²) in [6, 6.07) is 0.0323. The van der Waals surface area contributed by atoms with Crippen molar-refractivity contribution in [2.24, 2.45) is 0 Å². The lowest BCUT2D eigenvalue weighted by Crippen LogP contribution is -2.29. The zero-order valence-electron chi connectivity index (χ0n) is 7.70. The highest BCUT2D eigenvalue weighted by Crippen LogP contribution is 2.20. The molecule has 0 saturated carbocycles. The fourth-order valence-electron chi connectivity index (χ4n) is 0.807. The second-order valence-corrected chi connectivity index (χ2v) is 4.31. The Labute approximate surface area is 90.3 Å². The van der Waals surface area contributed by atoms with Crippen molar-refractivity contribution in [1.82, 2.24) is 10.3 Å². The van der Waals surface area contributed by atoms with E-state index in [1.165, 1.54) is 0 Å². The van der Waals surface area contributed by atoms with E-state index in [4.69, 9.17) is 11.6 Å². The molecule has 1 aromatic heterocycles. The molecule has 0 saturated heterocycles. The summed E-state index contributed by atoms with van der Waals surface area (Å²) in [5, 5.41) is 2.95. The number of hydrogen-bond donors (Lipinski definition) is 1. The molecule has 0 fully saturated rings. The average molecular weight is 233 g/mol. The summed E-state index contributed by atoms with van der Waals surface area (Å²) in [5.41, 5.74) is 0. The van der Waals surface area contributed by atoms with Crippen LogP contribution in [0.3, 0.4) is 0 Å². The Morgan fingerprint density at radius 2 is 2.29 bits per heavy atom. The van der Waals surface area contributed by atoms with Gasteiger partial charge >= 0.3 is 0 Å².